The summed E-state index contributed by atoms with van der Waals surface area (Å²) in [5, 5.41) is 5.83. The molecule has 5 heteroatoms. The lowest BCUT2D eigenvalue weighted by molar-refractivity contribution is 0.0946. The summed E-state index contributed by atoms with van der Waals surface area (Å²) in [7, 11) is 0. The van der Waals surface area contributed by atoms with Gasteiger partial charge in [-0.2, -0.15) is 0 Å². The number of halogens is 1. The molecule has 2 aromatic carbocycles. The zero-order valence-corrected chi connectivity index (χ0v) is 16.3. The third-order valence-corrected chi connectivity index (χ3v) is 5.80. The van der Waals surface area contributed by atoms with Crippen LogP contribution in [0.3, 0.4) is 0 Å². The van der Waals surface area contributed by atoms with Crippen LogP contribution in [0.1, 0.15) is 21.6 Å². The molecule has 0 radical (unpaired) electrons. The lowest BCUT2D eigenvalue weighted by atomic mass is 10.1. The highest BCUT2D eigenvalue weighted by molar-refractivity contribution is 7.17. The molecule has 0 atom stereocenters. The predicted octanol–water partition coefficient (Wildman–Crippen LogP) is 5.38. The fourth-order valence-electron chi connectivity index (χ4n) is 3.20. The second-order valence-corrected chi connectivity index (χ2v) is 7.72. The Morgan fingerprint density at radius 1 is 1.04 bits per heavy atom. The number of aromatic nitrogens is 1. The van der Waals surface area contributed by atoms with Crippen LogP contribution in [0, 0.1) is 0 Å². The summed E-state index contributed by atoms with van der Waals surface area (Å²) in [6.07, 6.45) is 0.708. The van der Waals surface area contributed by atoms with E-state index in [0.717, 1.165) is 20.8 Å². The van der Waals surface area contributed by atoms with Crippen molar-refractivity contribution in [3.63, 3.8) is 0 Å². The first-order chi connectivity index (χ1) is 13.2. The SMILES string of the molecule is O=C(NCCc1ccccc1Cl)c1cc2sccc2n1Cc1ccccc1. The van der Waals surface area contributed by atoms with Gasteiger partial charge >= 0.3 is 0 Å². The van der Waals surface area contributed by atoms with Crippen LogP contribution in [0.25, 0.3) is 10.2 Å². The third kappa shape index (κ3) is 3.92. The van der Waals surface area contributed by atoms with Crippen molar-refractivity contribution >= 4 is 39.1 Å². The van der Waals surface area contributed by atoms with Crippen molar-refractivity contribution in [2.45, 2.75) is 13.0 Å². The van der Waals surface area contributed by atoms with Crippen molar-refractivity contribution in [2.75, 3.05) is 6.54 Å². The number of hydrogen-bond donors (Lipinski definition) is 1. The van der Waals surface area contributed by atoms with Crippen LogP contribution in [-0.4, -0.2) is 17.0 Å². The number of thiophene rings is 1. The number of benzene rings is 2. The molecule has 0 saturated carbocycles. The Morgan fingerprint density at radius 3 is 2.63 bits per heavy atom. The minimum Gasteiger partial charge on any atom is -0.350 e. The van der Waals surface area contributed by atoms with E-state index in [1.165, 1.54) is 5.56 Å². The van der Waals surface area contributed by atoms with Gasteiger partial charge in [0, 0.05) is 18.1 Å². The van der Waals surface area contributed by atoms with Gasteiger partial charge in [0.1, 0.15) is 5.69 Å². The van der Waals surface area contributed by atoms with E-state index < -0.39 is 0 Å². The second kappa shape index (κ2) is 7.99. The molecule has 0 bridgehead atoms. The van der Waals surface area contributed by atoms with Gasteiger partial charge in [0.05, 0.1) is 10.2 Å². The van der Waals surface area contributed by atoms with Crippen LogP contribution in [0.5, 0.6) is 0 Å². The minimum atomic E-state index is -0.0543. The number of fused-ring (bicyclic) bond motifs is 1. The summed E-state index contributed by atoms with van der Waals surface area (Å²) >= 11 is 7.85. The molecule has 0 aliphatic rings. The Labute approximate surface area is 167 Å². The summed E-state index contributed by atoms with van der Waals surface area (Å²) in [5.41, 5.74) is 4.01. The van der Waals surface area contributed by atoms with Gasteiger partial charge in [-0.25, -0.2) is 0 Å². The largest absolute Gasteiger partial charge is 0.350 e. The average Bonchev–Trinajstić information content (AvgIpc) is 3.27. The quantitative estimate of drug-likeness (QED) is 0.468. The van der Waals surface area contributed by atoms with Gasteiger partial charge in [-0.1, -0.05) is 60.1 Å². The van der Waals surface area contributed by atoms with Crippen molar-refractivity contribution < 1.29 is 4.79 Å². The zero-order valence-electron chi connectivity index (χ0n) is 14.7. The van der Waals surface area contributed by atoms with E-state index in [1.807, 2.05) is 48.5 Å². The lowest BCUT2D eigenvalue weighted by Crippen LogP contribution is -2.28. The van der Waals surface area contributed by atoms with Crippen molar-refractivity contribution in [1.82, 2.24) is 9.88 Å². The van der Waals surface area contributed by atoms with E-state index in [4.69, 9.17) is 11.6 Å². The number of carbonyl (C=O) groups is 1. The first-order valence-corrected chi connectivity index (χ1v) is 10.1. The second-order valence-electron chi connectivity index (χ2n) is 6.37. The van der Waals surface area contributed by atoms with Crippen LogP contribution < -0.4 is 5.32 Å². The van der Waals surface area contributed by atoms with Crippen molar-refractivity contribution in [2.24, 2.45) is 0 Å². The Bertz CT molecular complexity index is 1070. The van der Waals surface area contributed by atoms with E-state index in [1.54, 1.807) is 11.3 Å². The van der Waals surface area contributed by atoms with E-state index >= 15 is 0 Å². The van der Waals surface area contributed by atoms with Crippen molar-refractivity contribution in [1.29, 1.82) is 0 Å². The lowest BCUT2D eigenvalue weighted by Gasteiger charge is -2.11. The summed E-state index contributed by atoms with van der Waals surface area (Å²) < 4.78 is 3.22. The zero-order chi connectivity index (χ0) is 18.6. The van der Waals surface area contributed by atoms with Gasteiger partial charge in [-0.3, -0.25) is 4.79 Å². The van der Waals surface area contributed by atoms with Crippen LogP contribution in [0.4, 0.5) is 0 Å². The maximum Gasteiger partial charge on any atom is 0.267 e. The smallest absolute Gasteiger partial charge is 0.267 e. The minimum absolute atomic E-state index is 0.0543. The number of nitrogens with zero attached hydrogens (tertiary/aromatic N) is 1. The van der Waals surface area contributed by atoms with Gasteiger partial charge in [0.25, 0.3) is 5.91 Å². The summed E-state index contributed by atoms with van der Waals surface area (Å²) in [5.74, 6) is -0.0543. The molecular weight excluding hydrogens is 376 g/mol. The molecular formula is C22H19ClN2OS. The molecule has 136 valence electrons. The van der Waals surface area contributed by atoms with Gasteiger partial charge in [0.2, 0.25) is 0 Å². The topological polar surface area (TPSA) is 34.0 Å². The first-order valence-electron chi connectivity index (χ1n) is 8.84. The van der Waals surface area contributed by atoms with Gasteiger partial charge in [0.15, 0.2) is 0 Å². The third-order valence-electron chi connectivity index (χ3n) is 4.58. The molecule has 27 heavy (non-hydrogen) atoms. The Kier molecular flexibility index (Phi) is 5.28. The number of amides is 1. The fourth-order valence-corrected chi connectivity index (χ4v) is 4.26. The highest BCUT2D eigenvalue weighted by Crippen LogP contribution is 2.26. The fraction of sp³-hybridized carbons (Fsp3) is 0.136. The molecule has 1 N–H and O–H groups in total. The normalized spacial score (nSPS) is 11.0. The molecule has 1 amide bonds. The number of hydrogen-bond acceptors (Lipinski definition) is 2. The highest BCUT2D eigenvalue weighted by Gasteiger charge is 2.16. The Morgan fingerprint density at radius 2 is 1.81 bits per heavy atom. The maximum atomic E-state index is 12.8. The van der Waals surface area contributed by atoms with E-state index in [9.17, 15) is 4.79 Å². The number of rotatable bonds is 6. The highest BCUT2D eigenvalue weighted by atomic mass is 35.5. The molecule has 2 aromatic heterocycles. The van der Waals surface area contributed by atoms with E-state index in [2.05, 4.69) is 33.5 Å². The number of carbonyl (C=O) groups excluding carboxylic acids is 1. The standard InChI is InChI=1S/C22H19ClN2OS/c23-18-9-5-4-8-17(18)10-12-24-22(26)20-14-21-19(11-13-27-21)25(20)15-16-6-2-1-3-7-16/h1-9,11,13-14H,10,12,15H2,(H,24,26). The molecule has 2 heterocycles. The van der Waals surface area contributed by atoms with E-state index in [0.29, 0.717) is 25.2 Å². The van der Waals surface area contributed by atoms with E-state index in [-0.39, 0.29) is 5.91 Å². The van der Waals surface area contributed by atoms with Crippen molar-refractivity contribution in [3.8, 4) is 0 Å². The average molecular weight is 395 g/mol. The molecule has 0 unspecified atom stereocenters. The Balaban J connectivity index is 1.52. The summed E-state index contributed by atoms with van der Waals surface area (Å²) in [6, 6.07) is 22.0. The summed E-state index contributed by atoms with van der Waals surface area (Å²) in [6.45, 7) is 1.22. The molecule has 4 rings (SSSR count). The monoisotopic (exact) mass is 394 g/mol. The maximum absolute atomic E-state index is 12.8. The van der Waals surface area contributed by atoms with Gasteiger partial charge < -0.3 is 9.88 Å². The predicted molar refractivity (Wildman–Crippen MR) is 113 cm³/mol. The molecule has 4 aromatic rings. The van der Waals surface area contributed by atoms with Crippen LogP contribution >= 0.6 is 22.9 Å². The number of nitrogens with one attached hydrogen (secondary N) is 1. The molecule has 3 nitrogen and oxygen atoms in total. The molecule has 0 aliphatic heterocycles. The van der Waals surface area contributed by atoms with Crippen LogP contribution in [-0.2, 0) is 13.0 Å². The van der Waals surface area contributed by atoms with Crippen LogP contribution in [0.15, 0.2) is 72.1 Å². The van der Waals surface area contributed by atoms with Gasteiger partial charge in [-0.15, -0.1) is 11.3 Å². The first kappa shape index (κ1) is 17.8. The molecule has 0 saturated heterocycles. The van der Waals surface area contributed by atoms with Gasteiger partial charge in [-0.05, 0) is 41.1 Å². The van der Waals surface area contributed by atoms with Crippen LogP contribution in [0.2, 0.25) is 5.02 Å². The molecule has 0 fully saturated rings. The summed E-state index contributed by atoms with van der Waals surface area (Å²) in [4.78, 5) is 12.8. The molecule has 0 aliphatic carbocycles. The Hall–Kier alpha value is -2.56. The van der Waals surface area contributed by atoms with Crippen molar-refractivity contribution in [3.05, 3.63) is 94.0 Å². The molecule has 0 spiro atoms.